The van der Waals surface area contributed by atoms with Crippen LogP contribution in [0.1, 0.15) is 1.43 Å². The summed E-state index contributed by atoms with van der Waals surface area (Å²) in [6.07, 6.45) is 3.67. The third-order valence-electron chi connectivity index (χ3n) is 3.77. The smallest absolute Gasteiger partial charge is 1.00 e. The van der Waals surface area contributed by atoms with E-state index >= 15 is 0 Å². The Balaban J connectivity index is 0.00000104. The van der Waals surface area contributed by atoms with E-state index < -0.39 is 0 Å². The van der Waals surface area contributed by atoms with Gasteiger partial charge in [0.2, 0.25) is 0 Å². The number of pyridine rings is 2. The molecule has 4 aromatic rings. The van der Waals surface area contributed by atoms with Crippen molar-refractivity contribution in [2.45, 2.75) is 0 Å². The first kappa shape index (κ1) is 16.7. The second-order valence-corrected chi connectivity index (χ2v) is 5.21. The molecule has 3 heteroatoms. The summed E-state index contributed by atoms with van der Waals surface area (Å²) in [6.45, 7) is 0. The number of hydrogen-bond donors (Lipinski definition) is 0. The van der Waals surface area contributed by atoms with Crippen LogP contribution in [0, 0.1) is 0 Å². The Morgan fingerprint density at radius 3 is 2.22 bits per heavy atom. The summed E-state index contributed by atoms with van der Waals surface area (Å²) < 4.78 is 0. The monoisotopic (exact) mass is 368 g/mol. The molecule has 0 amide bonds. The van der Waals surface area contributed by atoms with Gasteiger partial charge in [0.25, 0.3) is 0 Å². The molecule has 2 nitrogen and oxygen atoms in total. The standard InChI is InChI=1S/C20H14N2.Rb.H/c1-2-6-19-16(4-1)11-12-20(22-19)17-9-7-15(8-10-17)18-5-3-13-21-14-18;;/h1-14H;;/q;+1;-1. The molecule has 2 aromatic carbocycles. The Morgan fingerprint density at radius 2 is 1.43 bits per heavy atom. The molecule has 0 saturated carbocycles. The van der Waals surface area contributed by atoms with Crippen LogP contribution >= 0.6 is 0 Å². The topological polar surface area (TPSA) is 25.8 Å². The van der Waals surface area contributed by atoms with Crippen LogP contribution in [0.2, 0.25) is 0 Å². The zero-order valence-electron chi connectivity index (χ0n) is 14.0. The van der Waals surface area contributed by atoms with E-state index in [2.05, 4.69) is 53.5 Å². The van der Waals surface area contributed by atoms with Crippen molar-refractivity contribution in [1.29, 1.82) is 0 Å². The fraction of sp³-hybridized carbons (Fsp3) is 0. The molecule has 0 aliphatic heterocycles. The summed E-state index contributed by atoms with van der Waals surface area (Å²) in [7, 11) is 0. The molecule has 0 spiro atoms. The Bertz CT molecular complexity index is 925. The number of para-hydroxylation sites is 1. The van der Waals surface area contributed by atoms with Gasteiger partial charge in [0.15, 0.2) is 0 Å². The summed E-state index contributed by atoms with van der Waals surface area (Å²) in [4.78, 5) is 8.90. The van der Waals surface area contributed by atoms with Crippen molar-refractivity contribution >= 4 is 10.9 Å². The Hall–Kier alpha value is -1.19. The van der Waals surface area contributed by atoms with Gasteiger partial charge in [-0.2, -0.15) is 0 Å². The van der Waals surface area contributed by atoms with Crippen molar-refractivity contribution in [2.24, 2.45) is 0 Å². The predicted octanol–water partition coefficient (Wildman–Crippen LogP) is 2.08. The number of hydrogen-bond acceptors (Lipinski definition) is 2. The zero-order valence-corrected chi connectivity index (χ0v) is 17.9. The maximum atomic E-state index is 4.74. The van der Waals surface area contributed by atoms with Crippen LogP contribution in [-0.2, 0) is 0 Å². The average molecular weight is 369 g/mol. The fourth-order valence-corrected chi connectivity index (χ4v) is 2.59. The molecule has 2 aromatic heterocycles. The van der Waals surface area contributed by atoms with Crippen LogP contribution < -0.4 is 58.2 Å². The summed E-state index contributed by atoms with van der Waals surface area (Å²) in [6, 6.07) is 24.8. The van der Waals surface area contributed by atoms with Crippen LogP contribution in [-0.4, -0.2) is 9.97 Å². The molecule has 0 N–H and O–H groups in total. The summed E-state index contributed by atoms with van der Waals surface area (Å²) in [5, 5.41) is 1.17. The van der Waals surface area contributed by atoms with E-state index in [9.17, 15) is 0 Å². The summed E-state index contributed by atoms with van der Waals surface area (Å²) >= 11 is 0. The van der Waals surface area contributed by atoms with E-state index in [-0.39, 0.29) is 59.6 Å². The quantitative estimate of drug-likeness (QED) is 0.541. The fourth-order valence-electron chi connectivity index (χ4n) is 2.59. The molecule has 0 atom stereocenters. The van der Waals surface area contributed by atoms with Crippen molar-refractivity contribution in [3.8, 4) is 22.4 Å². The van der Waals surface area contributed by atoms with Gasteiger partial charge in [-0.1, -0.05) is 54.6 Å². The van der Waals surface area contributed by atoms with Crippen LogP contribution in [0.15, 0.2) is 85.2 Å². The number of nitrogens with zero attached hydrogens (tertiary/aromatic N) is 2. The molecule has 4 rings (SSSR count). The Morgan fingerprint density at radius 1 is 0.652 bits per heavy atom. The number of rotatable bonds is 2. The van der Waals surface area contributed by atoms with Gasteiger partial charge in [0.1, 0.15) is 0 Å². The maximum Gasteiger partial charge on any atom is 1.00 e. The number of fused-ring (bicyclic) bond motifs is 1. The van der Waals surface area contributed by atoms with E-state index in [4.69, 9.17) is 4.98 Å². The second-order valence-electron chi connectivity index (χ2n) is 5.21. The van der Waals surface area contributed by atoms with Crippen molar-refractivity contribution in [1.82, 2.24) is 9.97 Å². The minimum absolute atomic E-state index is 0. The molecule has 0 bridgehead atoms. The summed E-state index contributed by atoms with van der Waals surface area (Å²) in [5.41, 5.74) is 5.43. The molecule has 0 radical (unpaired) electrons. The minimum Gasteiger partial charge on any atom is -1.00 e. The van der Waals surface area contributed by atoms with Crippen molar-refractivity contribution in [2.75, 3.05) is 0 Å². The SMILES string of the molecule is [H-].[Rb+].c1cncc(-c2ccc(-c3ccc4ccccc4n3)cc2)c1. The molecule has 0 aliphatic rings. The largest absolute Gasteiger partial charge is 1.00 e. The van der Waals surface area contributed by atoms with Gasteiger partial charge in [-0.05, 0) is 29.3 Å². The van der Waals surface area contributed by atoms with Gasteiger partial charge in [-0.3, -0.25) is 4.98 Å². The van der Waals surface area contributed by atoms with Crippen LogP contribution in [0.3, 0.4) is 0 Å². The zero-order chi connectivity index (χ0) is 14.8. The number of benzene rings is 2. The van der Waals surface area contributed by atoms with Gasteiger partial charge < -0.3 is 1.43 Å². The first-order chi connectivity index (χ1) is 10.9. The predicted molar refractivity (Wildman–Crippen MR) is 91.5 cm³/mol. The summed E-state index contributed by atoms with van der Waals surface area (Å²) in [5.74, 6) is 0. The Labute approximate surface area is 185 Å². The third kappa shape index (κ3) is 3.66. The number of aromatic nitrogens is 2. The van der Waals surface area contributed by atoms with E-state index in [1.54, 1.807) is 6.20 Å². The molecule has 0 aliphatic carbocycles. The Kier molecular flexibility index (Phi) is 5.49. The van der Waals surface area contributed by atoms with Crippen molar-refractivity contribution < 1.29 is 59.6 Å². The van der Waals surface area contributed by atoms with Crippen LogP contribution in [0.25, 0.3) is 33.3 Å². The molecule has 0 unspecified atom stereocenters. The third-order valence-corrected chi connectivity index (χ3v) is 3.77. The maximum absolute atomic E-state index is 4.74. The first-order valence-electron chi connectivity index (χ1n) is 7.27. The van der Waals surface area contributed by atoms with E-state index in [0.29, 0.717) is 0 Å². The first-order valence-corrected chi connectivity index (χ1v) is 7.27. The molecule has 2 heterocycles. The van der Waals surface area contributed by atoms with Crippen molar-refractivity contribution in [3.05, 3.63) is 85.2 Å². The van der Waals surface area contributed by atoms with Crippen LogP contribution in [0.5, 0.6) is 0 Å². The van der Waals surface area contributed by atoms with Crippen molar-refractivity contribution in [3.63, 3.8) is 0 Å². The van der Waals surface area contributed by atoms with E-state index in [1.165, 1.54) is 5.39 Å². The minimum atomic E-state index is 0. The average Bonchev–Trinajstić information content (AvgIpc) is 2.62. The van der Waals surface area contributed by atoms with Gasteiger partial charge in [0, 0.05) is 23.3 Å². The van der Waals surface area contributed by atoms with Gasteiger partial charge in [0.05, 0.1) is 11.2 Å². The van der Waals surface area contributed by atoms with Gasteiger partial charge in [-0.15, -0.1) is 0 Å². The normalized spacial score (nSPS) is 10.3. The van der Waals surface area contributed by atoms with E-state index in [1.807, 2.05) is 30.5 Å². The van der Waals surface area contributed by atoms with E-state index in [0.717, 1.165) is 27.9 Å². The second kappa shape index (κ2) is 7.58. The molecule has 106 valence electrons. The van der Waals surface area contributed by atoms with Gasteiger partial charge >= 0.3 is 58.2 Å². The molecule has 0 saturated heterocycles. The molecular weight excluding hydrogens is 354 g/mol. The molecule has 23 heavy (non-hydrogen) atoms. The molecule has 0 fully saturated rings. The van der Waals surface area contributed by atoms with Gasteiger partial charge in [-0.25, -0.2) is 4.98 Å². The molecular formula is C20H15N2Rb. The van der Waals surface area contributed by atoms with Crippen LogP contribution in [0.4, 0.5) is 0 Å².